The van der Waals surface area contributed by atoms with Crippen molar-refractivity contribution >= 4 is 53.3 Å². The van der Waals surface area contributed by atoms with Crippen LogP contribution >= 0.6 is 11.3 Å². The van der Waals surface area contributed by atoms with E-state index >= 15 is 0 Å². The van der Waals surface area contributed by atoms with Crippen LogP contribution in [0.3, 0.4) is 0 Å². The summed E-state index contributed by atoms with van der Waals surface area (Å²) in [5.41, 5.74) is 13.0. The summed E-state index contributed by atoms with van der Waals surface area (Å²) < 4.78 is 5.04. The lowest BCUT2D eigenvalue weighted by atomic mass is 9.99. The second-order valence-electron chi connectivity index (χ2n) is 15.6. The van der Waals surface area contributed by atoms with E-state index in [1.165, 1.54) is 42.1 Å². The van der Waals surface area contributed by atoms with E-state index in [-0.39, 0.29) is 0 Å². The molecule has 3 aromatic heterocycles. The Bertz CT molecular complexity index is 3630. The van der Waals surface area contributed by atoms with Crippen LogP contribution < -0.4 is 0 Å². The molecule has 12 rings (SSSR count). The molecule has 12 aromatic rings. The van der Waals surface area contributed by atoms with Crippen LogP contribution in [-0.4, -0.2) is 19.5 Å². The third-order valence-corrected chi connectivity index (χ3v) is 13.1. The molecular weight excluding hydrogens is 773 g/mol. The third-order valence-electron chi connectivity index (χ3n) is 11.9. The van der Waals surface area contributed by atoms with Crippen molar-refractivity contribution in [3.05, 3.63) is 218 Å². The van der Waals surface area contributed by atoms with Crippen molar-refractivity contribution in [1.82, 2.24) is 19.5 Å². The fourth-order valence-electron chi connectivity index (χ4n) is 8.91. The second kappa shape index (κ2) is 14.9. The summed E-state index contributed by atoms with van der Waals surface area (Å²) in [6, 6.07) is 77.5. The van der Waals surface area contributed by atoms with Crippen molar-refractivity contribution < 1.29 is 0 Å². The molecule has 0 N–H and O–H groups in total. The number of aromatic nitrogens is 4. The maximum Gasteiger partial charge on any atom is 0.164 e. The summed E-state index contributed by atoms with van der Waals surface area (Å²) in [6.07, 6.45) is 0. The summed E-state index contributed by atoms with van der Waals surface area (Å²) in [5.74, 6) is 1.86. The van der Waals surface area contributed by atoms with Crippen molar-refractivity contribution in [2.45, 2.75) is 0 Å². The first-order chi connectivity index (χ1) is 30.7. The molecule has 3 heterocycles. The molecule has 62 heavy (non-hydrogen) atoms. The fraction of sp³-hybridized carbons (Fsp3) is 0. The Morgan fingerprint density at radius 2 is 0.855 bits per heavy atom. The summed E-state index contributed by atoms with van der Waals surface area (Å²) >= 11 is 1.87. The predicted molar refractivity (Wildman–Crippen MR) is 260 cm³/mol. The Kier molecular flexibility index (Phi) is 8.65. The van der Waals surface area contributed by atoms with Gasteiger partial charge in [0.15, 0.2) is 17.5 Å². The average molecular weight is 809 g/mol. The van der Waals surface area contributed by atoms with Gasteiger partial charge in [0, 0.05) is 53.2 Å². The highest BCUT2D eigenvalue weighted by Crippen LogP contribution is 2.43. The molecule has 5 heteroatoms. The van der Waals surface area contributed by atoms with E-state index in [1.54, 1.807) is 0 Å². The van der Waals surface area contributed by atoms with Crippen LogP contribution in [0, 0.1) is 0 Å². The molecule has 0 atom stereocenters. The highest BCUT2D eigenvalue weighted by atomic mass is 32.1. The van der Waals surface area contributed by atoms with Gasteiger partial charge in [0.1, 0.15) is 0 Å². The third kappa shape index (κ3) is 6.18. The lowest BCUT2D eigenvalue weighted by molar-refractivity contribution is 1.07. The van der Waals surface area contributed by atoms with Crippen molar-refractivity contribution in [1.29, 1.82) is 0 Å². The van der Waals surface area contributed by atoms with Crippen LogP contribution in [0.2, 0.25) is 0 Å². The minimum atomic E-state index is 0.609. The van der Waals surface area contributed by atoms with E-state index in [2.05, 4.69) is 199 Å². The van der Waals surface area contributed by atoms with Gasteiger partial charge in [0.25, 0.3) is 0 Å². The lowest BCUT2D eigenvalue weighted by Gasteiger charge is -2.17. The molecule has 290 valence electrons. The number of benzene rings is 9. The minimum Gasteiger partial charge on any atom is -0.309 e. The van der Waals surface area contributed by atoms with E-state index in [1.807, 2.05) is 35.6 Å². The first-order valence-electron chi connectivity index (χ1n) is 20.8. The van der Waals surface area contributed by atoms with Crippen molar-refractivity contribution in [2.75, 3.05) is 0 Å². The van der Waals surface area contributed by atoms with Crippen LogP contribution in [0.25, 0.3) is 115 Å². The maximum atomic E-state index is 5.25. The Morgan fingerprint density at radius 1 is 0.306 bits per heavy atom. The van der Waals surface area contributed by atoms with Gasteiger partial charge < -0.3 is 4.57 Å². The normalized spacial score (nSPS) is 11.5. The number of hydrogen-bond donors (Lipinski definition) is 0. The van der Waals surface area contributed by atoms with Gasteiger partial charge in [-0.05, 0) is 58.1 Å². The monoisotopic (exact) mass is 808 g/mol. The molecule has 0 saturated heterocycles. The standard InChI is InChI=1S/C57H36N4S/c1-4-16-37(17-5-1)40-22-14-23-42(34-40)56-58-55(39-20-8-3-9-21-39)59-57(60-56)43-31-32-44(38-18-6-2-7-19-38)51(36-43)61-50-28-12-10-24-46(50)47-33-30-41(35-52(47)61)45-26-15-27-49-48-25-11-13-29-53(48)62-54(45)49/h1-36H. The molecule has 0 aliphatic heterocycles. The Balaban J connectivity index is 1.09. The van der Waals surface area contributed by atoms with Gasteiger partial charge in [-0.1, -0.05) is 188 Å². The summed E-state index contributed by atoms with van der Waals surface area (Å²) in [7, 11) is 0. The Hall–Kier alpha value is -7.99. The molecule has 0 spiro atoms. The molecule has 4 nitrogen and oxygen atoms in total. The van der Waals surface area contributed by atoms with Crippen LogP contribution in [0.1, 0.15) is 0 Å². The zero-order valence-corrected chi connectivity index (χ0v) is 34.3. The van der Waals surface area contributed by atoms with Crippen LogP contribution in [-0.2, 0) is 0 Å². The van der Waals surface area contributed by atoms with Crippen molar-refractivity contribution in [3.63, 3.8) is 0 Å². The zero-order chi connectivity index (χ0) is 41.0. The molecule has 0 fully saturated rings. The summed E-state index contributed by atoms with van der Waals surface area (Å²) in [6.45, 7) is 0. The summed E-state index contributed by atoms with van der Waals surface area (Å²) in [5, 5.41) is 4.99. The van der Waals surface area contributed by atoms with E-state index in [0.29, 0.717) is 17.5 Å². The smallest absolute Gasteiger partial charge is 0.164 e. The van der Waals surface area contributed by atoms with Gasteiger partial charge in [0.2, 0.25) is 0 Å². The SMILES string of the molecule is c1ccc(-c2cccc(-c3nc(-c4ccccc4)nc(-c4ccc(-c5ccccc5)c(-n5c6ccccc6c6ccc(-c7cccc8c7sc7ccccc78)cc65)c4)n3)c2)cc1. The average Bonchev–Trinajstić information content (AvgIpc) is 3.90. The van der Waals surface area contributed by atoms with Crippen LogP contribution in [0.15, 0.2) is 218 Å². The van der Waals surface area contributed by atoms with E-state index in [0.717, 1.165) is 55.7 Å². The number of thiophene rings is 1. The molecule has 0 radical (unpaired) electrons. The number of rotatable bonds is 7. The predicted octanol–water partition coefficient (Wildman–Crippen LogP) is 15.3. The van der Waals surface area contributed by atoms with Gasteiger partial charge in [-0.3, -0.25) is 0 Å². The molecule has 0 amide bonds. The van der Waals surface area contributed by atoms with E-state index < -0.39 is 0 Å². The second-order valence-corrected chi connectivity index (χ2v) is 16.6. The molecule has 0 aliphatic rings. The first-order valence-corrected chi connectivity index (χ1v) is 21.7. The number of para-hydroxylation sites is 1. The highest BCUT2D eigenvalue weighted by molar-refractivity contribution is 7.26. The Morgan fingerprint density at radius 3 is 1.63 bits per heavy atom. The van der Waals surface area contributed by atoms with Gasteiger partial charge in [0.05, 0.1) is 16.7 Å². The molecule has 0 aliphatic carbocycles. The van der Waals surface area contributed by atoms with Gasteiger partial charge in [-0.15, -0.1) is 11.3 Å². The highest BCUT2D eigenvalue weighted by Gasteiger charge is 2.20. The molecule has 0 unspecified atom stereocenters. The number of hydrogen-bond acceptors (Lipinski definition) is 4. The molecule has 9 aromatic carbocycles. The summed E-state index contributed by atoms with van der Waals surface area (Å²) in [4.78, 5) is 15.6. The van der Waals surface area contributed by atoms with Crippen LogP contribution in [0.4, 0.5) is 0 Å². The van der Waals surface area contributed by atoms with E-state index in [9.17, 15) is 0 Å². The molecule has 0 saturated carbocycles. The largest absolute Gasteiger partial charge is 0.309 e. The van der Waals surface area contributed by atoms with Gasteiger partial charge in [-0.2, -0.15) is 0 Å². The van der Waals surface area contributed by atoms with Crippen LogP contribution in [0.5, 0.6) is 0 Å². The van der Waals surface area contributed by atoms with E-state index in [4.69, 9.17) is 15.0 Å². The zero-order valence-electron chi connectivity index (χ0n) is 33.5. The lowest BCUT2D eigenvalue weighted by Crippen LogP contribution is -2.02. The quantitative estimate of drug-likeness (QED) is 0.161. The van der Waals surface area contributed by atoms with Crippen molar-refractivity contribution in [2.24, 2.45) is 0 Å². The maximum absolute atomic E-state index is 5.25. The Labute approximate surface area is 362 Å². The molecule has 0 bridgehead atoms. The van der Waals surface area contributed by atoms with Gasteiger partial charge in [-0.25, -0.2) is 15.0 Å². The fourth-order valence-corrected chi connectivity index (χ4v) is 10.1. The van der Waals surface area contributed by atoms with Gasteiger partial charge >= 0.3 is 0 Å². The topological polar surface area (TPSA) is 43.6 Å². The number of nitrogens with zero attached hydrogens (tertiary/aromatic N) is 4. The minimum absolute atomic E-state index is 0.609. The first kappa shape index (κ1) is 35.9. The number of fused-ring (bicyclic) bond motifs is 6. The van der Waals surface area contributed by atoms with Crippen molar-refractivity contribution in [3.8, 4) is 73.2 Å². The molecular formula is C57H36N4S.